The van der Waals surface area contributed by atoms with Crippen molar-refractivity contribution in [3.05, 3.63) is 29.8 Å². The van der Waals surface area contributed by atoms with E-state index >= 15 is 0 Å². The van der Waals surface area contributed by atoms with Gasteiger partial charge in [-0.2, -0.15) is 0 Å². The molecule has 16 heavy (non-hydrogen) atoms. The zero-order chi connectivity index (χ0) is 12.0. The second kappa shape index (κ2) is 6.51. The molecule has 1 unspecified atom stereocenters. The molecule has 0 amide bonds. The van der Waals surface area contributed by atoms with E-state index < -0.39 is 0 Å². The summed E-state index contributed by atoms with van der Waals surface area (Å²) in [6, 6.07) is 8.43. The maximum Gasteiger partial charge on any atom is 0.122 e. The SMILES string of the molecule is CCc1ccccc1OCC(CN)N(C)C. The lowest BCUT2D eigenvalue weighted by Gasteiger charge is -2.23. The van der Waals surface area contributed by atoms with Gasteiger partial charge in [-0.05, 0) is 32.1 Å². The summed E-state index contributed by atoms with van der Waals surface area (Å²) in [5.41, 5.74) is 6.93. The predicted octanol–water partition coefficient (Wildman–Crippen LogP) is 1.52. The quantitative estimate of drug-likeness (QED) is 0.793. The van der Waals surface area contributed by atoms with Crippen LogP contribution in [0.25, 0.3) is 0 Å². The molecule has 90 valence electrons. The molecular weight excluding hydrogens is 200 g/mol. The lowest BCUT2D eigenvalue weighted by Crippen LogP contribution is -2.39. The third-order valence-corrected chi connectivity index (χ3v) is 2.79. The molecule has 0 aromatic heterocycles. The Balaban J connectivity index is 2.59. The van der Waals surface area contributed by atoms with Crippen LogP contribution >= 0.6 is 0 Å². The molecule has 0 saturated carbocycles. The molecule has 0 fully saturated rings. The van der Waals surface area contributed by atoms with Crippen LogP contribution in [0.3, 0.4) is 0 Å². The van der Waals surface area contributed by atoms with Crippen molar-refractivity contribution in [3.8, 4) is 5.75 Å². The Morgan fingerprint density at radius 3 is 2.56 bits per heavy atom. The molecule has 0 saturated heterocycles. The van der Waals surface area contributed by atoms with Crippen LogP contribution in [0.2, 0.25) is 0 Å². The van der Waals surface area contributed by atoms with E-state index in [1.807, 2.05) is 32.3 Å². The minimum absolute atomic E-state index is 0.268. The summed E-state index contributed by atoms with van der Waals surface area (Å²) in [7, 11) is 4.04. The Bertz CT molecular complexity index is 313. The molecule has 2 N–H and O–H groups in total. The number of likely N-dealkylation sites (N-methyl/N-ethyl adjacent to an activating group) is 1. The highest BCUT2D eigenvalue weighted by molar-refractivity contribution is 5.33. The van der Waals surface area contributed by atoms with Gasteiger partial charge in [-0.3, -0.25) is 0 Å². The van der Waals surface area contributed by atoms with Crippen molar-refractivity contribution in [3.63, 3.8) is 0 Å². The third kappa shape index (κ3) is 3.51. The van der Waals surface area contributed by atoms with Gasteiger partial charge in [0.05, 0.1) is 6.04 Å². The number of para-hydroxylation sites is 1. The van der Waals surface area contributed by atoms with Gasteiger partial charge in [0.1, 0.15) is 12.4 Å². The van der Waals surface area contributed by atoms with Gasteiger partial charge in [-0.1, -0.05) is 25.1 Å². The molecule has 0 radical (unpaired) electrons. The highest BCUT2D eigenvalue weighted by Gasteiger charge is 2.10. The first kappa shape index (κ1) is 13.0. The molecule has 1 atom stereocenters. The Kier molecular flexibility index (Phi) is 5.29. The van der Waals surface area contributed by atoms with Gasteiger partial charge < -0.3 is 15.4 Å². The molecule has 0 aliphatic rings. The van der Waals surface area contributed by atoms with Gasteiger partial charge in [0, 0.05) is 6.54 Å². The molecule has 0 aliphatic heterocycles. The van der Waals surface area contributed by atoms with Crippen molar-refractivity contribution < 1.29 is 4.74 Å². The molecule has 0 aliphatic carbocycles. The van der Waals surface area contributed by atoms with Crippen molar-refractivity contribution in [2.75, 3.05) is 27.2 Å². The number of ether oxygens (including phenoxy) is 1. The standard InChI is InChI=1S/C13H22N2O/c1-4-11-7-5-6-8-13(11)16-10-12(9-14)15(2)3/h5-8,12H,4,9-10,14H2,1-3H3. The highest BCUT2D eigenvalue weighted by Crippen LogP contribution is 2.18. The first-order chi connectivity index (χ1) is 7.69. The smallest absolute Gasteiger partial charge is 0.122 e. The molecule has 3 heteroatoms. The minimum atomic E-state index is 0.268. The fraction of sp³-hybridized carbons (Fsp3) is 0.538. The van der Waals surface area contributed by atoms with Crippen molar-refractivity contribution in [2.24, 2.45) is 5.73 Å². The second-order valence-electron chi connectivity index (χ2n) is 4.13. The first-order valence-electron chi connectivity index (χ1n) is 5.76. The van der Waals surface area contributed by atoms with E-state index in [0.29, 0.717) is 13.2 Å². The van der Waals surface area contributed by atoms with Crippen LogP contribution in [-0.4, -0.2) is 38.2 Å². The van der Waals surface area contributed by atoms with Crippen LogP contribution in [0.5, 0.6) is 5.75 Å². The Hall–Kier alpha value is -1.06. The van der Waals surface area contributed by atoms with E-state index in [1.165, 1.54) is 5.56 Å². The highest BCUT2D eigenvalue weighted by atomic mass is 16.5. The number of rotatable bonds is 6. The van der Waals surface area contributed by atoms with E-state index in [1.54, 1.807) is 0 Å². The number of nitrogens with zero attached hydrogens (tertiary/aromatic N) is 1. The van der Waals surface area contributed by atoms with Crippen molar-refractivity contribution in [1.82, 2.24) is 4.90 Å². The topological polar surface area (TPSA) is 38.5 Å². The van der Waals surface area contributed by atoms with E-state index in [0.717, 1.165) is 12.2 Å². The number of aryl methyl sites for hydroxylation is 1. The number of hydrogen-bond acceptors (Lipinski definition) is 3. The molecular formula is C13H22N2O. The average molecular weight is 222 g/mol. The molecule has 0 heterocycles. The van der Waals surface area contributed by atoms with Crippen molar-refractivity contribution in [2.45, 2.75) is 19.4 Å². The zero-order valence-electron chi connectivity index (χ0n) is 10.4. The first-order valence-corrected chi connectivity index (χ1v) is 5.76. The van der Waals surface area contributed by atoms with Crippen LogP contribution in [-0.2, 0) is 6.42 Å². The van der Waals surface area contributed by atoms with Crippen molar-refractivity contribution in [1.29, 1.82) is 0 Å². The Morgan fingerprint density at radius 2 is 2.00 bits per heavy atom. The molecule has 1 aromatic carbocycles. The fourth-order valence-corrected chi connectivity index (χ4v) is 1.55. The van der Waals surface area contributed by atoms with E-state index in [2.05, 4.69) is 17.9 Å². The molecule has 0 spiro atoms. The fourth-order valence-electron chi connectivity index (χ4n) is 1.55. The summed E-state index contributed by atoms with van der Waals surface area (Å²) >= 11 is 0. The van der Waals surface area contributed by atoms with Crippen molar-refractivity contribution >= 4 is 0 Å². The number of benzene rings is 1. The van der Waals surface area contributed by atoms with Crippen LogP contribution in [0, 0.1) is 0 Å². The summed E-state index contributed by atoms with van der Waals surface area (Å²) in [6.45, 7) is 3.39. The third-order valence-electron chi connectivity index (χ3n) is 2.79. The molecule has 3 nitrogen and oxygen atoms in total. The molecule has 0 bridgehead atoms. The van der Waals surface area contributed by atoms with Gasteiger partial charge in [0.15, 0.2) is 0 Å². The summed E-state index contributed by atoms with van der Waals surface area (Å²) in [5.74, 6) is 0.977. The van der Waals surface area contributed by atoms with Gasteiger partial charge in [0.2, 0.25) is 0 Å². The van der Waals surface area contributed by atoms with E-state index in [4.69, 9.17) is 10.5 Å². The van der Waals surface area contributed by atoms with Gasteiger partial charge in [0.25, 0.3) is 0 Å². The monoisotopic (exact) mass is 222 g/mol. The van der Waals surface area contributed by atoms with Crippen LogP contribution in [0.4, 0.5) is 0 Å². The van der Waals surface area contributed by atoms with Gasteiger partial charge in [-0.25, -0.2) is 0 Å². The summed E-state index contributed by atoms with van der Waals surface area (Å²) in [5, 5.41) is 0. The van der Waals surface area contributed by atoms with E-state index in [-0.39, 0.29) is 6.04 Å². The summed E-state index contributed by atoms with van der Waals surface area (Å²) in [4.78, 5) is 2.09. The Morgan fingerprint density at radius 1 is 1.31 bits per heavy atom. The van der Waals surface area contributed by atoms with Crippen LogP contribution in [0.1, 0.15) is 12.5 Å². The summed E-state index contributed by atoms with van der Waals surface area (Å²) < 4.78 is 5.82. The lowest BCUT2D eigenvalue weighted by atomic mass is 10.1. The maximum absolute atomic E-state index is 5.82. The predicted molar refractivity (Wildman–Crippen MR) is 67.8 cm³/mol. The summed E-state index contributed by atoms with van der Waals surface area (Å²) in [6.07, 6.45) is 0.991. The normalized spacial score (nSPS) is 12.8. The minimum Gasteiger partial charge on any atom is -0.492 e. The molecule has 1 rings (SSSR count). The molecule has 1 aromatic rings. The second-order valence-corrected chi connectivity index (χ2v) is 4.13. The van der Waals surface area contributed by atoms with Gasteiger partial charge in [-0.15, -0.1) is 0 Å². The van der Waals surface area contributed by atoms with E-state index in [9.17, 15) is 0 Å². The number of hydrogen-bond donors (Lipinski definition) is 1. The number of nitrogens with two attached hydrogens (primary N) is 1. The largest absolute Gasteiger partial charge is 0.492 e. The van der Waals surface area contributed by atoms with Crippen LogP contribution < -0.4 is 10.5 Å². The average Bonchev–Trinajstić information content (AvgIpc) is 2.30. The lowest BCUT2D eigenvalue weighted by molar-refractivity contribution is 0.189. The van der Waals surface area contributed by atoms with Crippen LogP contribution in [0.15, 0.2) is 24.3 Å². The zero-order valence-corrected chi connectivity index (χ0v) is 10.4. The van der Waals surface area contributed by atoms with Gasteiger partial charge >= 0.3 is 0 Å². The Labute approximate surface area is 98.2 Å². The maximum atomic E-state index is 5.82.